The van der Waals surface area contributed by atoms with Crippen molar-refractivity contribution >= 4 is 11.8 Å². The molecule has 2 heterocycles. The molecule has 2 aromatic rings. The molecule has 1 aliphatic heterocycles. The summed E-state index contributed by atoms with van der Waals surface area (Å²) in [7, 11) is 0. The number of fused-ring (bicyclic) bond motifs is 1. The number of furan rings is 1. The van der Waals surface area contributed by atoms with Crippen LogP contribution in [0.1, 0.15) is 17.9 Å². The molecule has 0 saturated carbocycles. The summed E-state index contributed by atoms with van der Waals surface area (Å²) in [6, 6.07) is 9.79. The Morgan fingerprint density at radius 1 is 1.15 bits per heavy atom. The summed E-state index contributed by atoms with van der Waals surface area (Å²) in [5, 5.41) is 0.0764. The molecule has 2 unspecified atom stereocenters. The van der Waals surface area contributed by atoms with Crippen LogP contribution in [0.15, 0.2) is 45.9 Å². The van der Waals surface area contributed by atoms with Gasteiger partial charge in [-0.15, -0.1) is 11.8 Å². The van der Waals surface area contributed by atoms with Crippen molar-refractivity contribution in [3.8, 4) is 11.5 Å². The summed E-state index contributed by atoms with van der Waals surface area (Å²) in [4.78, 5) is 1.09. The molecule has 0 radical (unpaired) electrons. The fraction of sp³-hybridized carbons (Fsp3) is 0.333. The lowest BCUT2D eigenvalue weighted by Crippen LogP contribution is -2.22. The average molecular weight is 291 g/mol. The number of rotatable bonds is 4. The predicted molar refractivity (Wildman–Crippen MR) is 78.4 cm³/mol. The van der Waals surface area contributed by atoms with Crippen LogP contribution in [0.25, 0.3) is 0 Å². The van der Waals surface area contributed by atoms with Gasteiger partial charge in [-0.25, -0.2) is 0 Å². The van der Waals surface area contributed by atoms with Gasteiger partial charge in [0.1, 0.15) is 19.0 Å². The minimum Gasteiger partial charge on any atom is -0.486 e. The van der Waals surface area contributed by atoms with Gasteiger partial charge in [-0.3, -0.25) is 0 Å². The van der Waals surface area contributed by atoms with Gasteiger partial charge in [0.25, 0.3) is 0 Å². The van der Waals surface area contributed by atoms with Crippen LogP contribution in [0.5, 0.6) is 11.5 Å². The van der Waals surface area contributed by atoms with Crippen LogP contribution in [-0.2, 0) is 0 Å². The fourth-order valence-corrected chi connectivity index (χ4v) is 3.20. The van der Waals surface area contributed by atoms with Gasteiger partial charge < -0.3 is 19.6 Å². The Balaban J connectivity index is 1.82. The van der Waals surface area contributed by atoms with Crippen LogP contribution < -0.4 is 15.2 Å². The Morgan fingerprint density at radius 3 is 2.65 bits per heavy atom. The molecule has 1 aromatic carbocycles. The van der Waals surface area contributed by atoms with E-state index in [-0.39, 0.29) is 11.3 Å². The molecule has 106 valence electrons. The van der Waals surface area contributed by atoms with E-state index in [4.69, 9.17) is 19.6 Å². The van der Waals surface area contributed by atoms with E-state index in [9.17, 15) is 0 Å². The summed E-state index contributed by atoms with van der Waals surface area (Å²) in [6.45, 7) is 3.18. The highest BCUT2D eigenvalue weighted by Crippen LogP contribution is 2.41. The third-order valence-electron chi connectivity index (χ3n) is 3.08. The number of hydrogen-bond acceptors (Lipinski definition) is 5. The van der Waals surface area contributed by atoms with Crippen LogP contribution in [-0.4, -0.2) is 19.3 Å². The second-order valence-electron chi connectivity index (χ2n) is 4.72. The van der Waals surface area contributed by atoms with Crippen molar-refractivity contribution in [3.05, 3.63) is 42.4 Å². The standard InChI is InChI=1S/C15H17NO3S/c1-10(16)15(13-3-2-6-17-13)20-11-4-5-12-14(9-11)19-8-7-18-12/h2-6,9-10,15H,7-8,16H2,1H3. The van der Waals surface area contributed by atoms with Crippen molar-refractivity contribution in [3.63, 3.8) is 0 Å². The van der Waals surface area contributed by atoms with Gasteiger partial charge in [0, 0.05) is 10.9 Å². The maximum absolute atomic E-state index is 6.08. The zero-order valence-corrected chi connectivity index (χ0v) is 12.1. The minimum absolute atomic E-state index is 0.0145. The summed E-state index contributed by atoms with van der Waals surface area (Å²) < 4.78 is 16.6. The van der Waals surface area contributed by atoms with E-state index in [0.717, 1.165) is 22.2 Å². The van der Waals surface area contributed by atoms with Gasteiger partial charge in [-0.2, -0.15) is 0 Å². The molecule has 1 aromatic heterocycles. The predicted octanol–water partition coefficient (Wildman–Crippen LogP) is 3.23. The smallest absolute Gasteiger partial charge is 0.162 e. The van der Waals surface area contributed by atoms with Crippen LogP contribution in [0.4, 0.5) is 0 Å². The molecule has 3 rings (SSSR count). The molecule has 0 fully saturated rings. The molecule has 0 saturated heterocycles. The Morgan fingerprint density at radius 2 is 1.95 bits per heavy atom. The van der Waals surface area contributed by atoms with Crippen molar-refractivity contribution in [2.75, 3.05) is 13.2 Å². The quantitative estimate of drug-likeness (QED) is 0.876. The lowest BCUT2D eigenvalue weighted by Gasteiger charge is -2.21. The van der Waals surface area contributed by atoms with Crippen molar-refractivity contribution in [2.24, 2.45) is 5.73 Å². The Bertz CT molecular complexity index is 569. The Hall–Kier alpha value is -1.59. The van der Waals surface area contributed by atoms with Gasteiger partial charge in [0.15, 0.2) is 11.5 Å². The van der Waals surface area contributed by atoms with Crippen molar-refractivity contribution in [1.29, 1.82) is 0 Å². The first-order chi connectivity index (χ1) is 9.74. The van der Waals surface area contributed by atoms with E-state index in [1.165, 1.54) is 0 Å². The summed E-state index contributed by atoms with van der Waals surface area (Å²) in [6.07, 6.45) is 1.68. The van der Waals surface area contributed by atoms with Gasteiger partial charge in [-0.1, -0.05) is 0 Å². The second-order valence-corrected chi connectivity index (χ2v) is 5.93. The highest BCUT2D eigenvalue weighted by atomic mass is 32.2. The number of hydrogen-bond donors (Lipinski definition) is 1. The molecule has 0 aliphatic carbocycles. The van der Waals surface area contributed by atoms with Gasteiger partial charge in [0.2, 0.25) is 0 Å². The van der Waals surface area contributed by atoms with Gasteiger partial charge in [-0.05, 0) is 37.3 Å². The number of ether oxygens (including phenoxy) is 2. The van der Waals surface area contributed by atoms with Crippen LogP contribution in [0.3, 0.4) is 0 Å². The first-order valence-corrected chi connectivity index (χ1v) is 7.47. The number of thioether (sulfide) groups is 1. The average Bonchev–Trinajstić information content (AvgIpc) is 2.98. The maximum Gasteiger partial charge on any atom is 0.162 e. The molecule has 5 heteroatoms. The normalized spacial score (nSPS) is 16.7. The van der Waals surface area contributed by atoms with Crippen LogP contribution in [0.2, 0.25) is 0 Å². The molecule has 20 heavy (non-hydrogen) atoms. The maximum atomic E-state index is 6.08. The third-order valence-corrected chi connectivity index (χ3v) is 4.52. The topological polar surface area (TPSA) is 57.6 Å². The minimum atomic E-state index is -0.0145. The highest BCUT2D eigenvalue weighted by molar-refractivity contribution is 7.99. The molecule has 0 bridgehead atoms. The Kier molecular flexibility index (Phi) is 3.89. The lowest BCUT2D eigenvalue weighted by atomic mass is 10.2. The molecule has 2 N–H and O–H groups in total. The molecule has 0 amide bonds. The zero-order valence-electron chi connectivity index (χ0n) is 11.2. The van der Waals surface area contributed by atoms with Crippen LogP contribution >= 0.6 is 11.8 Å². The molecular formula is C15H17NO3S. The summed E-state index contributed by atoms with van der Waals surface area (Å²) >= 11 is 1.67. The van der Waals surface area contributed by atoms with E-state index >= 15 is 0 Å². The fourth-order valence-electron chi connectivity index (χ4n) is 2.12. The van der Waals surface area contributed by atoms with Gasteiger partial charge in [0.05, 0.1) is 11.5 Å². The van der Waals surface area contributed by atoms with E-state index in [0.29, 0.717) is 13.2 Å². The van der Waals surface area contributed by atoms with Crippen molar-refractivity contribution in [1.82, 2.24) is 0 Å². The van der Waals surface area contributed by atoms with E-state index in [1.54, 1.807) is 18.0 Å². The number of benzene rings is 1. The molecule has 2 atom stereocenters. The largest absolute Gasteiger partial charge is 0.486 e. The van der Waals surface area contributed by atoms with E-state index in [1.807, 2.05) is 37.3 Å². The van der Waals surface area contributed by atoms with Crippen LogP contribution in [0, 0.1) is 0 Å². The number of nitrogens with two attached hydrogens (primary N) is 1. The first kappa shape index (κ1) is 13.4. The molecule has 0 spiro atoms. The third kappa shape index (κ3) is 2.78. The molecule has 1 aliphatic rings. The van der Waals surface area contributed by atoms with E-state index < -0.39 is 0 Å². The lowest BCUT2D eigenvalue weighted by molar-refractivity contribution is 0.171. The SMILES string of the molecule is CC(N)C(Sc1ccc2c(c1)OCCO2)c1ccco1. The van der Waals surface area contributed by atoms with Crippen molar-refractivity contribution in [2.45, 2.75) is 23.1 Å². The summed E-state index contributed by atoms with van der Waals surface area (Å²) in [5.74, 6) is 2.49. The molecule has 4 nitrogen and oxygen atoms in total. The van der Waals surface area contributed by atoms with Gasteiger partial charge >= 0.3 is 0 Å². The van der Waals surface area contributed by atoms with Crippen molar-refractivity contribution < 1.29 is 13.9 Å². The zero-order chi connectivity index (χ0) is 13.9. The Labute approximate surface area is 122 Å². The summed E-state index contributed by atoms with van der Waals surface area (Å²) in [5.41, 5.74) is 6.08. The monoisotopic (exact) mass is 291 g/mol. The highest BCUT2D eigenvalue weighted by Gasteiger charge is 2.21. The van der Waals surface area contributed by atoms with E-state index in [2.05, 4.69) is 0 Å². The molecular weight excluding hydrogens is 274 g/mol. The first-order valence-electron chi connectivity index (χ1n) is 6.59. The second kappa shape index (κ2) is 5.81.